The summed E-state index contributed by atoms with van der Waals surface area (Å²) in [6, 6.07) is 20.0. The number of fused-ring (bicyclic) bond motifs is 2. The molecule has 2 fully saturated rings. The highest BCUT2D eigenvalue weighted by Gasteiger charge is 2.26. The van der Waals surface area contributed by atoms with E-state index in [0.717, 1.165) is 75.9 Å². The molecule has 12 nitrogen and oxygen atoms in total. The number of hydrogen-bond donors (Lipinski definition) is 1. The van der Waals surface area contributed by atoms with E-state index in [1.807, 2.05) is 59.4 Å². The van der Waals surface area contributed by atoms with E-state index in [2.05, 4.69) is 33.7 Å². The van der Waals surface area contributed by atoms with Gasteiger partial charge in [0.1, 0.15) is 17.6 Å². The lowest BCUT2D eigenvalue weighted by molar-refractivity contribution is -0.132. The summed E-state index contributed by atoms with van der Waals surface area (Å²) in [5.74, 6) is 1.85. The Kier molecular flexibility index (Phi) is 9.30. The first-order valence-corrected chi connectivity index (χ1v) is 17.7. The van der Waals surface area contributed by atoms with E-state index in [0.29, 0.717) is 66.8 Å². The number of aliphatic hydroxyl groups is 1. The monoisotopic (exact) mass is 712 g/mol. The average molecular weight is 713 g/mol. The van der Waals surface area contributed by atoms with E-state index in [-0.39, 0.29) is 12.2 Å². The molecular weight excluding hydrogens is 672 g/mol. The third-order valence-corrected chi connectivity index (χ3v) is 10.5. The number of benzene rings is 4. The van der Waals surface area contributed by atoms with E-state index in [1.165, 1.54) is 0 Å². The van der Waals surface area contributed by atoms with Crippen molar-refractivity contribution in [3.05, 3.63) is 95.0 Å². The molecule has 0 amide bonds. The van der Waals surface area contributed by atoms with Gasteiger partial charge in [0.05, 0.1) is 55.4 Å². The number of aromatic nitrogens is 3. The van der Waals surface area contributed by atoms with Crippen LogP contribution in [0.5, 0.6) is 11.5 Å². The van der Waals surface area contributed by atoms with Crippen molar-refractivity contribution in [1.82, 2.24) is 24.6 Å². The standard InChI is InChI=1S/C41H40N6O6/c1-25-30(7-5-8-31(25)41-44-36-16-26(15-35(42-2)40(36)53-41)20-45-14-12-29(22-45)52-24-48)32-9-6-10-37-33(32)19-43-47(37)27-17-38(50-3)34(39(18-27)51-4)23-46-13-11-28(49)21-46/h5-10,15-19,24,28-29,49H,11-14,20-23H2,1,3-4H3/t28-,29-/m1/s1. The van der Waals surface area contributed by atoms with Crippen molar-refractivity contribution in [2.24, 2.45) is 0 Å². The van der Waals surface area contributed by atoms with Crippen LogP contribution in [0.25, 0.3) is 55.1 Å². The molecule has 53 heavy (non-hydrogen) atoms. The quantitative estimate of drug-likeness (QED) is 0.115. The van der Waals surface area contributed by atoms with Gasteiger partial charge in [-0.15, -0.1) is 0 Å². The van der Waals surface area contributed by atoms with Crippen LogP contribution in [0.3, 0.4) is 0 Å². The van der Waals surface area contributed by atoms with Crippen LogP contribution >= 0.6 is 0 Å². The predicted octanol–water partition coefficient (Wildman–Crippen LogP) is 6.69. The molecule has 2 aromatic heterocycles. The van der Waals surface area contributed by atoms with Gasteiger partial charge in [-0.2, -0.15) is 5.10 Å². The Morgan fingerprint density at radius 2 is 1.70 bits per heavy atom. The third kappa shape index (κ3) is 6.48. The molecule has 0 saturated carbocycles. The van der Waals surface area contributed by atoms with Crippen LogP contribution in [0.4, 0.5) is 5.69 Å². The number of β-amino-alcohol motifs (C(OH)–C–C–N with tert-alkyl or cyclic N) is 1. The summed E-state index contributed by atoms with van der Waals surface area (Å²) in [5, 5.41) is 15.9. The van der Waals surface area contributed by atoms with Gasteiger partial charge in [-0.1, -0.05) is 24.3 Å². The highest BCUT2D eigenvalue weighted by molar-refractivity contribution is 5.97. The molecule has 12 heteroatoms. The van der Waals surface area contributed by atoms with Crippen LogP contribution in [0.15, 0.2) is 71.3 Å². The summed E-state index contributed by atoms with van der Waals surface area (Å²) in [4.78, 5) is 23.9. The van der Waals surface area contributed by atoms with Crippen molar-refractivity contribution >= 4 is 34.2 Å². The van der Waals surface area contributed by atoms with Gasteiger partial charge in [0.25, 0.3) is 6.47 Å². The van der Waals surface area contributed by atoms with E-state index in [9.17, 15) is 9.90 Å². The summed E-state index contributed by atoms with van der Waals surface area (Å²) in [7, 11) is 3.32. The molecular formula is C41H40N6O6. The predicted molar refractivity (Wildman–Crippen MR) is 200 cm³/mol. The summed E-state index contributed by atoms with van der Waals surface area (Å²) < 4.78 is 25.1. The largest absolute Gasteiger partial charge is 0.496 e. The number of oxazole rings is 1. The first-order valence-electron chi connectivity index (χ1n) is 17.7. The van der Waals surface area contributed by atoms with Crippen molar-refractivity contribution in [3.8, 4) is 39.8 Å². The fourth-order valence-electron chi connectivity index (χ4n) is 7.83. The first kappa shape index (κ1) is 34.4. The lowest BCUT2D eigenvalue weighted by Gasteiger charge is -2.20. The average Bonchev–Trinajstić information content (AvgIpc) is 3.99. The van der Waals surface area contributed by atoms with E-state index in [4.69, 9.17) is 35.3 Å². The third-order valence-electron chi connectivity index (χ3n) is 10.5. The van der Waals surface area contributed by atoms with Gasteiger partial charge >= 0.3 is 0 Å². The van der Waals surface area contributed by atoms with Crippen LogP contribution < -0.4 is 9.47 Å². The van der Waals surface area contributed by atoms with E-state index < -0.39 is 0 Å². The zero-order valence-corrected chi connectivity index (χ0v) is 29.9. The summed E-state index contributed by atoms with van der Waals surface area (Å²) in [6.45, 7) is 14.6. The van der Waals surface area contributed by atoms with Gasteiger partial charge in [-0.25, -0.2) is 14.5 Å². The maximum Gasteiger partial charge on any atom is 0.293 e. The molecule has 8 rings (SSSR count). The smallest absolute Gasteiger partial charge is 0.293 e. The molecule has 2 atom stereocenters. The number of carbonyl (C=O) groups excluding carboxylic acids is 1. The molecule has 4 heterocycles. The fourth-order valence-corrected chi connectivity index (χ4v) is 7.83. The zero-order valence-electron chi connectivity index (χ0n) is 29.9. The lowest BCUT2D eigenvalue weighted by Crippen LogP contribution is -2.22. The number of rotatable bonds is 11. The Morgan fingerprint density at radius 3 is 2.43 bits per heavy atom. The Morgan fingerprint density at radius 1 is 0.962 bits per heavy atom. The Labute approximate surface area is 306 Å². The van der Waals surface area contributed by atoms with Crippen molar-refractivity contribution < 1.29 is 28.5 Å². The van der Waals surface area contributed by atoms with Gasteiger partial charge in [0.15, 0.2) is 5.58 Å². The zero-order chi connectivity index (χ0) is 36.6. The minimum absolute atomic E-state index is 0.106. The maximum atomic E-state index is 10.8. The number of likely N-dealkylation sites (tertiary alicyclic amines) is 2. The van der Waals surface area contributed by atoms with Gasteiger partial charge in [-0.05, 0) is 66.3 Å². The van der Waals surface area contributed by atoms with Gasteiger partial charge in [-0.3, -0.25) is 14.6 Å². The number of carbonyl (C=O) groups is 1. The first-order chi connectivity index (χ1) is 25.9. The maximum absolute atomic E-state index is 10.8. The van der Waals surface area contributed by atoms with Crippen molar-refractivity contribution in [3.63, 3.8) is 0 Å². The molecule has 2 aliphatic heterocycles. The number of methoxy groups -OCH3 is 2. The summed E-state index contributed by atoms with van der Waals surface area (Å²) >= 11 is 0. The number of aliphatic hydroxyl groups excluding tert-OH is 1. The van der Waals surface area contributed by atoms with E-state index >= 15 is 0 Å². The summed E-state index contributed by atoms with van der Waals surface area (Å²) in [5.41, 5.74) is 8.98. The minimum Gasteiger partial charge on any atom is -0.496 e. The van der Waals surface area contributed by atoms with Gasteiger partial charge in [0, 0.05) is 62.4 Å². The normalized spacial score (nSPS) is 17.8. The highest BCUT2D eigenvalue weighted by atomic mass is 16.5. The highest BCUT2D eigenvalue weighted by Crippen LogP contribution is 2.40. The second kappa shape index (κ2) is 14.4. The topological polar surface area (TPSA) is 120 Å². The van der Waals surface area contributed by atoms with Crippen LogP contribution in [0.2, 0.25) is 0 Å². The molecule has 4 aromatic carbocycles. The molecule has 2 saturated heterocycles. The minimum atomic E-state index is -0.312. The van der Waals surface area contributed by atoms with Crippen LogP contribution in [0, 0.1) is 13.5 Å². The van der Waals surface area contributed by atoms with Gasteiger partial charge in [0.2, 0.25) is 11.6 Å². The Bertz CT molecular complexity index is 2350. The SMILES string of the molecule is [C-]#[N+]c1cc(CN2CC[C@@H](OC=O)C2)cc2nc(-c3cccc(-c4cccc5c4cnn5-c4cc(OC)c(CN5CC[C@@H](O)C5)c(OC)c4)c3C)oc12. The van der Waals surface area contributed by atoms with Crippen molar-refractivity contribution in [2.75, 3.05) is 40.4 Å². The number of nitrogens with zero attached hydrogens (tertiary/aromatic N) is 6. The molecule has 0 bridgehead atoms. The van der Waals surface area contributed by atoms with Crippen LogP contribution in [-0.2, 0) is 22.6 Å². The Balaban J connectivity index is 1.12. The molecule has 2 aliphatic rings. The molecule has 0 unspecified atom stereocenters. The van der Waals surface area contributed by atoms with Crippen LogP contribution in [0.1, 0.15) is 29.5 Å². The van der Waals surface area contributed by atoms with Crippen molar-refractivity contribution in [2.45, 2.75) is 45.1 Å². The van der Waals surface area contributed by atoms with Gasteiger partial charge < -0.3 is 23.7 Å². The fraction of sp³-hybridized carbons (Fsp3) is 0.317. The molecule has 270 valence electrons. The number of ether oxygens (including phenoxy) is 3. The van der Waals surface area contributed by atoms with Crippen LogP contribution in [-0.4, -0.2) is 88.7 Å². The second-order valence-corrected chi connectivity index (χ2v) is 13.8. The Hall–Kier alpha value is -5.74. The summed E-state index contributed by atoms with van der Waals surface area (Å²) in [6.07, 6.45) is 3.01. The molecule has 0 aliphatic carbocycles. The molecule has 0 radical (unpaired) electrons. The molecule has 1 N–H and O–H groups in total. The second-order valence-electron chi connectivity index (χ2n) is 13.8. The molecule has 6 aromatic rings. The van der Waals surface area contributed by atoms with Crippen molar-refractivity contribution in [1.29, 1.82) is 0 Å². The lowest BCUT2D eigenvalue weighted by atomic mass is 9.94. The number of hydrogen-bond acceptors (Lipinski definition) is 10. The van der Waals surface area contributed by atoms with E-state index in [1.54, 1.807) is 14.2 Å². The molecule has 0 spiro atoms.